The summed E-state index contributed by atoms with van der Waals surface area (Å²) in [7, 11) is -3.64. The molecule has 0 spiro atoms. The summed E-state index contributed by atoms with van der Waals surface area (Å²) in [5.41, 5.74) is 2.61. The third-order valence-corrected chi connectivity index (χ3v) is 5.80. The van der Waals surface area contributed by atoms with Crippen molar-refractivity contribution in [3.8, 4) is 0 Å². The highest BCUT2D eigenvalue weighted by atomic mass is 32.2. The molecule has 1 N–H and O–H groups in total. The van der Waals surface area contributed by atoms with Gasteiger partial charge >= 0.3 is 0 Å². The van der Waals surface area contributed by atoms with Crippen LogP contribution in [-0.2, 0) is 14.8 Å². The summed E-state index contributed by atoms with van der Waals surface area (Å²) >= 11 is 0. The number of carbonyl (C=O) groups is 1. The second-order valence-electron chi connectivity index (χ2n) is 6.97. The van der Waals surface area contributed by atoms with Crippen LogP contribution in [0, 0.1) is 6.92 Å². The lowest BCUT2D eigenvalue weighted by atomic mass is 10.1. The molecule has 0 fully saturated rings. The third kappa shape index (κ3) is 4.51. The van der Waals surface area contributed by atoms with E-state index in [0.717, 1.165) is 32.5 Å². The lowest BCUT2D eigenvalue weighted by Crippen LogP contribution is -2.41. The zero-order chi connectivity index (χ0) is 20.3. The van der Waals surface area contributed by atoms with Crippen LogP contribution in [-0.4, -0.2) is 27.1 Å². The SMILES string of the molecule is Cc1ccc([C@H](C)NC(=O)CN(c2cccc3ccccc23)S(C)(=O)=O)cc1. The molecule has 0 saturated heterocycles. The van der Waals surface area contributed by atoms with E-state index in [9.17, 15) is 13.2 Å². The molecule has 0 aliphatic carbocycles. The van der Waals surface area contributed by atoms with Crippen LogP contribution in [0.15, 0.2) is 66.7 Å². The van der Waals surface area contributed by atoms with Crippen LogP contribution in [0.4, 0.5) is 5.69 Å². The first-order valence-corrected chi connectivity index (χ1v) is 10.9. The van der Waals surface area contributed by atoms with Gasteiger partial charge in [-0.1, -0.05) is 66.2 Å². The molecule has 3 rings (SSSR count). The van der Waals surface area contributed by atoms with E-state index in [1.54, 1.807) is 12.1 Å². The molecule has 0 heterocycles. The summed E-state index contributed by atoms with van der Waals surface area (Å²) in [6, 6.07) is 20.6. The summed E-state index contributed by atoms with van der Waals surface area (Å²) in [5.74, 6) is -0.355. The van der Waals surface area contributed by atoms with Gasteiger partial charge in [-0.2, -0.15) is 0 Å². The Kier molecular flexibility index (Phi) is 5.70. The minimum atomic E-state index is -3.64. The van der Waals surface area contributed by atoms with Crippen molar-refractivity contribution >= 4 is 32.4 Å². The molecule has 28 heavy (non-hydrogen) atoms. The number of benzene rings is 3. The Morgan fingerprint density at radius 3 is 2.32 bits per heavy atom. The summed E-state index contributed by atoms with van der Waals surface area (Å²) in [5, 5.41) is 4.60. The van der Waals surface area contributed by atoms with Crippen LogP contribution in [0.1, 0.15) is 24.1 Å². The highest BCUT2D eigenvalue weighted by molar-refractivity contribution is 7.92. The number of anilines is 1. The number of sulfonamides is 1. The van der Waals surface area contributed by atoms with Crippen molar-refractivity contribution in [1.29, 1.82) is 0 Å². The molecular formula is C22H24N2O3S. The standard InChI is InChI=1S/C22H24N2O3S/c1-16-11-13-18(14-12-16)17(2)23-22(25)15-24(28(3,26)27)21-10-6-8-19-7-4-5-9-20(19)21/h4-14,17H,15H2,1-3H3,(H,23,25)/t17-/m0/s1. The lowest BCUT2D eigenvalue weighted by molar-refractivity contribution is -0.120. The van der Waals surface area contributed by atoms with Gasteiger partial charge in [0, 0.05) is 5.39 Å². The number of hydrogen-bond donors (Lipinski definition) is 1. The van der Waals surface area contributed by atoms with Crippen LogP contribution in [0.2, 0.25) is 0 Å². The normalized spacial score (nSPS) is 12.5. The van der Waals surface area contributed by atoms with Gasteiger partial charge in [0.15, 0.2) is 0 Å². The van der Waals surface area contributed by atoms with Crippen molar-refractivity contribution in [2.45, 2.75) is 19.9 Å². The fraction of sp³-hybridized carbons (Fsp3) is 0.227. The predicted octanol–water partition coefficient (Wildman–Crippen LogP) is 3.79. The molecule has 5 nitrogen and oxygen atoms in total. The molecule has 3 aromatic carbocycles. The van der Waals surface area contributed by atoms with Gasteiger partial charge in [-0.05, 0) is 30.9 Å². The van der Waals surface area contributed by atoms with Crippen LogP contribution in [0.25, 0.3) is 10.8 Å². The number of amides is 1. The lowest BCUT2D eigenvalue weighted by Gasteiger charge is -2.24. The maximum absolute atomic E-state index is 12.6. The summed E-state index contributed by atoms with van der Waals surface area (Å²) in [6.45, 7) is 3.61. The molecular weight excluding hydrogens is 372 g/mol. The van der Waals surface area contributed by atoms with Crippen molar-refractivity contribution in [1.82, 2.24) is 5.32 Å². The van der Waals surface area contributed by atoms with Gasteiger partial charge in [0.2, 0.25) is 15.9 Å². The number of hydrogen-bond acceptors (Lipinski definition) is 3. The van der Waals surface area contributed by atoms with Gasteiger partial charge in [0.25, 0.3) is 0 Å². The summed E-state index contributed by atoms with van der Waals surface area (Å²) < 4.78 is 26.1. The first kappa shape index (κ1) is 19.9. The van der Waals surface area contributed by atoms with E-state index in [-0.39, 0.29) is 18.5 Å². The van der Waals surface area contributed by atoms with Crippen molar-refractivity contribution < 1.29 is 13.2 Å². The number of rotatable bonds is 6. The molecule has 6 heteroatoms. The molecule has 0 radical (unpaired) electrons. The quantitative estimate of drug-likeness (QED) is 0.689. The molecule has 0 aromatic heterocycles. The van der Waals surface area contributed by atoms with Crippen molar-refractivity contribution in [2.24, 2.45) is 0 Å². The Balaban J connectivity index is 1.85. The van der Waals surface area contributed by atoms with Crippen LogP contribution >= 0.6 is 0 Å². The average Bonchev–Trinajstić information content (AvgIpc) is 2.65. The smallest absolute Gasteiger partial charge is 0.241 e. The van der Waals surface area contributed by atoms with E-state index in [1.807, 2.05) is 68.4 Å². The second-order valence-corrected chi connectivity index (χ2v) is 8.87. The van der Waals surface area contributed by atoms with E-state index in [1.165, 1.54) is 0 Å². The Morgan fingerprint density at radius 2 is 1.64 bits per heavy atom. The van der Waals surface area contributed by atoms with E-state index in [4.69, 9.17) is 0 Å². The van der Waals surface area contributed by atoms with Crippen LogP contribution in [0.3, 0.4) is 0 Å². The third-order valence-electron chi connectivity index (χ3n) is 4.68. The average molecular weight is 397 g/mol. The first-order valence-electron chi connectivity index (χ1n) is 9.07. The molecule has 146 valence electrons. The summed E-state index contributed by atoms with van der Waals surface area (Å²) in [6.07, 6.45) is 1.12. The van der Waals surface area contributed by atoms with E-state index in [2.05, 4.69) is 5.32 Å². The molecule has 3 aromatic rings. The number of fused-ring (bicyclic) bond motifs is 1. The monoisotopic (exact) mass is 396 g/mol. The van der Waals surface area contributed by atoms with Gasteiger partial charge in [0.05, 0.1) is 18.0 Å². The Morgan fingerprint density at radius 1 is 1.00 bits per heavy atom. The second kappa shape index (κ2) is 8.02. The minimum Gasteiger partial charge on any atom is -0.348 e. The van der Waals surface area contributed by atoms with Gasteiger partial charge in [-0.25, -0.2) is 8.42 Å². The van der Waals surface area contributed by atoms with E-state index >= 15 is 0 Å². The molecule has 0 saturated carbocycles. The Hall–Kier alpha value is -2.86. The Bertz CT molecular complexity index is 1090. The zero-order valence-corrected chi connectivity index (χ0v) is 17.0. The number of nitrogens with zero attached hydrogens (tertiary/aromatic N) is 1. The topological polar surface area (TPSA) is 66.5 Å². The van der Waals surface area contributed by atoms with E-state index in [0.29, 0.717) is 5.69 Å². The number of nitrogens with one attached hydrogen (secondary N) is 1. The fourth-order valence-corrected chi connectivity index (χ4v) is 4.03. The highest BCUT2D eigenvalue weighted by Crippen LogP contribution is 2.28. The fourth-order valence-electron chi connectivity index (χ4n) is 3.16. The van der Waals surface area contributed by atoms with Crippen LogP contribution < -0.4 is 9.62 Å². The molecule has 0 unspecified atom stereocenters. The Labute approximate surface area is 166 Å². The maximum atomic E-state index is 12.6. The van der Waals surface area contributed by atoms with Crippen LogP contribution in [0.5, 0.6) is 0 Å². The molecule has 0 aliphatic heterocycles. The minimum absolute atomic E-state index is 0.220. The molecule has 1 atom stereocenters. The largest absolute Gasteiger partial charge is 0.348 e. The van der Waals surface area contributed by atoms with Gasteiger partial charge in [-0.15, -0.1) is 0 Å². The molecule has 0 bridgehead atoms. The summed E-state index contributed by atoms with van der Waals surface area (Å²) in [4.78, 5) is 12.6. The number of carbonyl (C=O) groups excluding carboxylic acids is 1. The maximum Gasteiger partial charge on any atom is 0.241 e. The van der Waals surface area contributed by atoms with E-state index < -0.39 is 10.0 Å². The van der Waals surface area contributed by atoms with Gasteiger partial charge in [0.1, 0.15) is 6.54 Å². The van der Waals surface area contributed by atoms with Crippen molar-refractivity contribution in [2.75, 3.05) is 17.1 Å². The van der Waals surface area contributed by atoms with Gasteiger partial charge in [-0.3, -0.25) is 9.10 Å². The van der Waals surface area contributed by atoms with Crippen molar-refractivity contribution in [3.05, 3.63) is 77.9 Å². The predicted molar refractivity (Wildman–Crippen MR) is 114 cm³/mol. The zero-order valence-electron chi connectivity index (χ0n) is 16.2. The molecule has 1 amide bonds. The highest BCUT2D eigenvalue weighted by Gasteiger charge is 2.23. The number of aryl methyl sites for hydroxylation is 1. The van der Waals surface area contributed by atoms with Crippen molar-refractivity contribution in [3.63, 3.8) is 0 Å². The van der Waals surface area contributed by atoms with Gasteiger partial charge < -0.3 is 5.32 Å². The molecule has 0 aliphatic rings. The first-order chi connectivity index (χ1) is 13.3.